The predicted octanol–water partition coefficient (Wildman–Crippen LogP) is 2.41. The molecule has 1 aromatic heterocycles. The van der Waals surface area contributed by atoms with Crippen LogP contribution in [0.3, 0.4) is 0 Å². The fraction of sp³-hybridized carbons (Fsp3) is 0.571. The maximum absolute atomic E-state index is 12.2. The Morgan fingerprint density at radius 3 is 3.11 bits per heavy atom. The molecule has 0 spiro atoms. The molecule has 2 rings (SSSR count). The van der Waals surface area contributed by atoms with Crippen LogP contribution >= 0.6 is 11.6 Å². The minimum Gasteiger partial charge on any atom is -0.394 e. The molecular formula is C14H19ClN2O2. The molecule has 104 valence electrons. The summed E-state index contributed by atoms with van der Waals surface area (Å²) in [4.78, 5) is 16.2. The highest BCUT2D eigenvalue weighted by atomic mass is 35.5. The zero-order valence-corrected chi connectivity index (χ0v) is 11.8. The van der Waals surface area contributed by atoms with E-state index in [1.807, 2.05) is 0 Å². The number of carbonyl (C=O) groups excluding carboxylic acids is 1. The second-order valence-electron chi connectivity index (χ2n) is 5.45. The number of hydrogen-bond donors (Lipinski definition) is 2. The first-order valence-corrected chi connectivity index (χ1v) is 6.97. The number of hydrogen-bond acceptors (Lipinski definition) is 3. The lowest BCUT2D eigenvalue weighted by atomic mass is 9.77. The van der Waals surface area contributed by atoms with Gasteiger partial charge in [0.1, 0.15) is 5.69 Å². The fourth-order valence-corrected chi connectivity index (χ4v) is 2.95. The summed E-state index contributed by atoms with van der Waals surface area (Å²) < 4.78 is 0. The third-order valence-corrected chi connectivity index (χ3v) is 3.96. The van der Waals surface area contributed by atoms with Gasteiger partial charge in [-0.25, -0.2) is 0 Å². The van der Waals surface area contributed by atoms with Gasteiger partial charge >= 0.3 is 0 Å². The van der Waals surface area contributed by atoms with Crippen molar-refractivity contribution in [2.45, 2.75) is 38.1 Å². The maximum atomic E-state index is 12.2. The molecule has 0 aliphatic heterocycles. The summed E-state index contributed by atoms with van der Waals surface area (Å²) in [6.07, 6.45) is 5.28. The van der Waals surface area contributed by atoms with Crippen LogP contribution in [0.2, 0.25) is 5.02 Å². The number of pyridine rings is 1. The standard InChI is InChI=1S/C14H19ClN2O2/c1-10-3-2-5-14(8-10,9-18)17-13(19)12-7-11(15)4-6-16-12/h4,6-7,10,18H,2-3,5,8-9H2,1H3,(H,17,19). The normalized spacial score (nSPS) is 27.0. The molecule has 5 heteroatoms. The Balaban J connectivity index is 2.12. The van der Waals surface area contributed by atoms with Gasteiger partial charge in [0.15, 0.2) is 0 Å². The molecule has 2 atom stereocenters. The van der Waals surface area contributed by atoms with Crippen LogP contribution in [0.25, 0.3) is 0 Å². The van der Waals surface area contributed by atoms with E-state index in [1.54, 1.807) is 6.07 Å². The number of amides is 1. The highest BCUT2D eigenvalue weighted by Crippen LogP contribution is 2.32. The first-order valence-electron chi connectivity index (χ1n) is 6.60. The lowest BCUT2D eigenvalue weighted by Gasteiger charge is -2.39. The molecule has 0 radical (unpaired) electrons. The Bertz CT molecular complexity index is 467. The molecule has 1 amide bonds. The molecule has 0 bridgehead atoms. The second-order valence-corrected chi connectivity index (χ2v) is 5.89. The average Bonchev–Trinajstić information content (AvgIpc) is 2.38. The summed E-state index contributed by atoms with van der Waals surface area (Å²) in [7, 11) is 0. The van der Waals surface area contributed by atoms with E-state index in [0.717, 1.165) is 25.7 Å². The topological polar surface area (TPSA) is 62.2 Å². The van der Waals surface area contributed by atoms with E-state index in [-0.39, 0.29) is 12.5 Å². The quantitative estimate of drug-likeness (QED) is 0.895. The summed E-state index contributed by atoms with van der Waals surface area (Å²) in [6.45, 7) is 2.11. The maximum Gasteiger partial charge on any atom is 0.270 e. The molecule has 1 aromatic rings. The van der Waals surface area contributed by atoms with Crippen molar-refractivity contribution in [1.82, 2.24) is 10.3 Å². The Hall–Kier alpha value is -1.13. The number of rotatable bonds is 3. The Morgan fingerprint density at radius 1 is 1.68 bits per heavy atom. The zero-order valence-electron chi connectivity index (χ0n) is 11.0. The van der Waals surface area contributed by atoms with Gasteiger partial charge in [0.05, 0.1) is 12.1 Å². The van der Waals surface area contributed by atoms with Gasteiger partial charge in [-0.15, -0.1) is 0 Å². The molecule has 1 aliphatic carbocycles. The van der Waals surface area contributed by atoms with E-state index in [2.05, 4.69) is 17.2 Å². The van der Waals surface area contributed by atoms with E-state index in [9.17, 15) is 9.90 Å². The average molecular weight is 283 g/mol. The number of carbonyl (C=O) groups is 1. The van der Waals surface area contributed by atoms with Crippen LogP contribution in [-0.4, -0.2) is 28.1 Å². The molecule has 19 heavy (non-hydrogen) atoms. The van der Waals surface area contributed by atoms with Gasteiger partial charge in [-0.05, 0) is 30.9 Å². The molecule has 1 aliphatic rings. The number of nitrogens with one attached hydrogen (secondary N) is 1. The van der Waals surface area contributed by atoms with Gasteiger partial charge in [0.2, 0.25) is 0 Å². The van der Waals surface area contributed by atoms with Crippen molar-refractivity contribution in [3.05, 3.63) is 29.0 Å². The first kappa shape index (κ1) is 14.3. The van der Waals surface area contributed by atoms with Crippen molar-refractivity contribution < 1.29 is 9.90 Å². The van der Waals surface area contributed by atoms with Crippen LogP contribution in [0.4, 0.5) is 0 Å². The van der Waals surface area contributed by atoms with Crippen LogP contribution in [0, 0.1) is 5.92 Å². The van der Waals surface area contributed by atoms with Crippen LogP contribution in [0.15, 0.2) is 18.3 Å². The van der Waals surface area contributed by atoms with E-state index < -0.39 is 5.54 Å². The molecule has 0 aromatic carbocycles. The van der Waals surface area contributed by atoms with Crippen molar-refractivity contribution in [1.29, 1.82) is 0 Å². The first-order chi connectivity index (χ1) is 9.04. The summed E-state index contributed by atoms with van der Waals surface area (Å²) >= 11 is 5.85. The summed E-state index contributed by atoms with van der Waals surface area (Å²) in [5, 5.41) is 13.1. The fourth-order valence-electron chi connectivity index (χ4n) is 2.79. The van der Waals surface area contributed by atoms with Gasteiger partial charge in [0, 0.05) is 11.2 Å². The minimum absolute atomic E-state index is 0.0380. The van der Waals surface area contributed by atoms with Gasteiger partial charge in [-0.1, -0.05) is 31.4 Å². The lowest BCUT2D eigenvalue weighted by molar-refractivity contribution is 0.0693. The van der Waals surface area contributed by atoms with Crippen molar-refractivity contribution in [3.63, 3.8) is 0 Å². The third kappa shape index (κ3) is 3.45. The van der Waals surface area contributed by atoms with E-state index in [4.69, 9.17) is 11.6 Å². The molecule has 0 saturated heterocycles. The number of halogens is 1. The Labute approximate surface area is 118 Å². The molecule has 1 fully saturated rings. The number of nitrogens with zero attached hydrogens (tertiary/aromatic N) is 1. The summed E-state index contributed by atoms with van der Waals surface area (Å²) in [5.74, 6) is 0.235. The highest BCUT2D eigenvalue weighted by molar-refractivity contribution is 6.30. The monoisotopic (exact) mass is 282 g/mol. The highest BCUT2D eigenvalue weighted by Gasteiger charge is 2.36. The van der Waals surface area contributed by atoms with Crippen molar-refractivity contribution >= 4 is 17.5 Å². The Morgan fingerprint density at radius 2 is 2.47 bits per heavy atom. The van der Waals surface area contributed by atoms with Gasteiger partial charge < -0.3 is 10.4 Å². The van der Waals surface area contributed by atoms with E-state index in [0.29, 0.717) is 16.6 Å². The lowest BCUT2D eigenvalue weighted by Crippen LogP contribution is -2.54. The smallest absolute Gasteiger partial charge is 0.270 e. The summed E-state index contributed by atoms with van der Waals surface area (Å²) in [5.41, 5.74) is -0.225. The van der Waals surface area contributed by atoms with Crippen molar-refractivity contribution in [3.8, 4) is 0 Å². The van der Waals surface area contributed by atoms with Crippen molar-refractivity contribution in [2.75, 3.05) is 6.61 Å². The van der Waals surface area contributed by atoms with Gasteiger partial charge in [-0.3, -0.25) is 9.78 Å². The molecular weight excluding hydrogens is 264 g/mol. The molecule has 4 nitrogen and oxygen atoms in total. The van der Waals surface area contributed by atoms with Gasteiger partial charge in [0.25, 0.3) is 5.91 Å². The van der Waals surface area contributed by atoms with Crippen LogP contribution in [0.5, 0.6) is 0 Å². The van der Waals surface area contributed by atoms with Crippen LogP contribution < -0.4 is 5.32 Å². The summed E-state index contributed by atoms with van der Waals surface area (Å²) in [6, 6.07) is 3.16. The number of aliphatic hydroxyl groups excluding tert-OH is 1. The van der Waals surface area contributed by atoms with Gasteiger partial charge in [-0.2, -0.15) is 0 Å². The largest absolute Gasteiger partial charge is 0.394 e. The third-order valence-electron chi connectivity index (χ3n) is 3.73. The molecule has 1 heterocycles. The Kier molecular flexibility index (Phi) is 4.42. The van der Waals surface area contributed by atoms with E-state index >= 15 is 0 Å². The predicted molar refractivity (Wildman–Crippen MR) is 74.2 cm³/mol. The SMILES string of the molecule is CC1CCCC(CO)(NC(=O)c2cc(Cl)ccn2)C1. The van der Waals surface area contributed by atoms with Crippen LogP contribution in [-0.2, 0) is 0 Å². The molecule has 2 unspecified atom stereocenters. The number of aliphatic hydroxyl groups is 1. The van der Waals surface area contributed by atoms with Crippen LogP contribution in [0.1, 0.15) is 43.1 Å². The second kappa shape index (κ2) is 5.88. The zero-order chi connectivity index (χ0) is 13.9. The molecule has 2 N–H and O–H groups in total. The minimum atomic E-state index is -0.515. The van der Waals surface area contributed by atoms with E-state index in [1.165, 1.54) is 12.3 Å². The number of aromatic nitrogens is 1. The van der Waals surface area contributed by atoms with Crippen molar-refractivity contribution in [2.24, 2.45) is 5.92 Å². The molecule has 1 saturated carbocycles.